The number of methoxy groups -OCH3 is 1. The maximum absolute atomic E-state index is 5.09. The smallest absolute Gasteiger partial charge is 0.193 e. The lowest BCUT2D eigenvalue weighted by Gasteiger charge is -2.36. The van der Waals surface area contributed by atoms with Crippen molar-refractivity contribution in [3.63, 3.8) is 0 Å². The van der Waals surface area contributed by atoms with E-state index in [4.69, 9.17) is 4.74 Å². The summed E-state index contributed by atoms with van der Waals surface area (Å²) < 4.78 is 5.09. The predicted octanol–water partition coefficient (Wildman–Crippen LogP) is 2.71. The first kappa shape index (κ1) is 20.5. The van der Waals surface area contributed by atoms with Crippen molar-refractivity contribution >= 4 is 12.0 Å². The van der Waals surface area contributed by atoms with Crippen LogP contribution in [0.3, 0.4) is 0 Å². The van der Waals surface area contributed by atoms with E-state index in [1.165, 1.54) is 12.0 Å². The van der Waals surface area contributed by atoms with Crippen molar-refractivity contribution in [3.05, 3.63) is 42.0 Å². The molecule has 5 heteroatoms. The molecule has 2 rings (SSSR count). The molecule has 0 spiro atoms. The molecule has 0 aliphatic carbocycles. The van der Waals surface area contributed by atoms with Crippen LogP contribution in [0.1, 0.15) is 24.8 Å². The van der Waals surface area contributed by atoms with Gasteiger partial charge in [0, 0.05) is 60.0 Å². The number of unbranched alkanes of at least 4 members (excludes halogenated alkanes) is 2. The van der Waals surface area contributed by atoms with Gasteiger partial charge in [-0.05, 0) is 24.8 Å². The second-order valence-corrected chi connectivity index (χ2v) is 6.63. The second-order valence-electron chi connectivity index (χ2n) is 6.63. The van der Waals surface area contributed by atoms with Crippen molar-refractivity contribution in [2.45, 2.75) is 19.3 Å². The van der Waals surface area contributed by atoms with Gasteiger partial charge in [-0.2, -0.15) is 0 Å². The van der Waals surface area contributed by atoms with Crippen molar-refractivity contribution in [3.8, 4) is 0 Å². The molecule has 0 aromatic heterocycles. The van der Waals surface area contributed by atoms with E-state index in [1.54, 1.807) is 7.11 Å². The van der Waals surface area contributed by atoms with Crippen LogP contribution in [0, 0.1) is 0 Å². The maximum atomic E-state index is 5.09. The third-order valence-electron chi connectivity index (χ3n) is 4.67. The molecule has 0 atom stereocenters. The summed E-state index contributed by atoms with van der Waals surface area (Å²) in [4.78, 5) is 9.31. The minimum Gasteiger partial charge on any atom is -0.385 e. The molecule has 0 bridgehead atoms. The predicted molar refractivity (Wildman–Crippen MR) is 111 cm³/mol. The summed E-state index contributed by atoms with van der Waals surface area (Å²) in [7, 11) is 3.64. The molecule has 0 unspecified atom stereocenters. The lowest BCUT2D eigenvalue weighted by Crippen LogP contribution is -2.52. The molecule has 1 fully saturated rings. The second kappa shape index (κ2) is 12.5. The fraction of sp³-hybridized carbons (Fsp3) is 0.571. The first-order chi connectivity index (χ1) is 12.8. The molecular formula is C21H34N4O. The van der Waals surface area contributed by atoms with Crippen molar-refractivity contribution in [2.24, 2.45) is 4.99 Å². The number of hydrogen-bond donors (Lipinski definition) is 1. The Labute approximate surface area is 158 Å². The molecule has 1 saturated heterocycles. The summed E-state index contributed by atoms with van der Waals surface area (Å²) in [6, 6.07) is 10.5. The number of nitrogens with zero attached hydrogens (tertiary/aromatic N) is 3. The van der Waals surface area contributed by atoms with Crippen LogP contribution >= 0.6 is 0 Å². The maximum Gasteiger partial charge on any atom is 0.193 e. The molecule has 1 aromatic rings. The zero-order valence-electron chi connectivity index (χ0n) is 16.4. The number of piperazine rings is 1. The van der Waals surface area contributed by atoms with Crippen molar-refractivity contribution in [1.29, 1.82) is 0 Å². The molecule has 1 aromatic carbocycles. The molecule has 1 heterocycles. The third kappa shape index (κ3) is 7.58. The number of rotatable bonds is 9. The average molecular weight is 359 g/mol. The highest BCUT2D eigenvalue weighted by atomic mass is 16.5. The Hall–Kier alpha value is -1.85. The highest BCUT2D eigenvalue weighted by molar-refractivity contribution is 5.79. The Bertz CT molecular complexity index is 536. The number of nitrogens with one attached hydrogen (secondary N) is 1. The topological polar surface area (TPSA) is 40.1 Å². The number of guanidine groups is 1. The lowest BCUT2D eigenvalue weighted by molar-refractivity contribution is 0.191. The highest BCUT2D eigenvalue weighted by Crippen LogP contribution is 2.05. The Kier molecular flexibility index (Phi) is 9.83. The number of benzene rings is 1. The van der Waals surface area contributed by atoms with Gasteiger partial charge in [0.2, 0.25) is 0 Å². The Morgan fingerprint density at radius 1 is 1.12 bits per heavy atom. The Morgan fingerprint density at radius 3 is 2.58 bits per heavy atom. The van der Waals surface area contributed by atoms with Gasteiger partial charge >= 0.3 is 0 Å². The van der Waals surface area contributed by atoms with Crippen LogP contribution in [-0.4, -0.2) is 75.8 Å². The van der Waals surface area contributed by atoms with E-state index in [0.717, 1.165) is 64.7 Å². The molecule has 1 aliphatic heterocycles. The zero-order valence-corrected chi connectivity index (χ0v) is 16.4. The summed E-state index contributed by atoms with van der Waals surface area (Å²) in [6.07, 6.45) is 7.95. The first-order valence-corrected chi connectivity index (χ1v) is 9.72. The molecule has 26 heavy (non-hydrogen) atoms. The third-order valence-corrected chi connectivity index (χ3v) is 4.67. The van der Waals surface area contributed by atoms with E-state index in [-0.39, 0.29) is 0 Å². The van der Waals surface area contributed by atoms with Crippen LogP contribution < -0.4 is 5.32 Å². The molecule has 144 valence electrons. The van der Waals surface area contributed by atoms with Crippen molar-refractivity contribution in [1.82, 2.24) is 15.1 Å². The van der Waals surface area contributed by atoms with Gasteiger partial charge in [0.1, 0.15) is 0 Å². The monoisotopic (exact) mass is 358 g/mol. The van der Waals surface area contributed by atoms with E-state index < -0.39 is 0 Å². The fourth-order valence-electron chi connectivity index (χ4n) is 3.12. The molecule has 0 amide bonds. The van der Waals surface area contributed by atoms with Gasteiger partial charge < -0.3 is 15.0 Å². The standard InChI is InChI=1S/C21H34N4O/c1-22-21(23-13-7-4-8-19-26-2)25-17-15-24(16-18-25)14-9-12-20-10-5-3-6-11-20/h3,5-6,9-12H,4,7-8,13-19H2,1-2H3,(H,22,23). The van der Waals surface area contributed by atoms with Gasteiger partial charge in [0.15, 0.2) is 5.96 Å². The van der Waals surface area contributed by atoms with Crippen molar-refractivity contribution in [2.75, 3.05) is 60.0 Å². The van der Waals surface area contributed by atoms with Crippen LogP contribution in [0.5, 0.6) is 0 Å². The minimum atomic E-state index is 0.857. The highest BCUT2D eigenvalue weighted by Gasteiger charge is 2.18. The fourth-order valence-corrected chi connectivity index (χ4v) is 3.12. The normalized spacial score (nSPS) is 16.4. The van der Waals surface area contributed by atoms with Crippen LogP contribution in [-0.2, 0) is 4.74 Å². The van der Waals surface area contributed by atoms with Crippen molar-refractivity contribution < 1.29 is 4.74 Å². The van der Waals surface area contributed by atoms with Gasteiger partial charge in [0.25, 0.3) is 0 Å². The largest absolute Gasteiger partial charge is 0.385 e. The lowest BCUT2D eigenvalue weighted by atomic mass is 10.2. The van der Waals surface area contributed by atoms with E-state index in [9.17, 15) is 0 Å². The van der Waals surface area contributed by atoms with Gasteiger partial charge in [-0.1, -0.05) is 42.5 Å². The Balaban J connectivity index is 1.64. The van der Waals surface area contributed by atoms with Gasteiger partial charge in [-0.15, -0.1) is 0 Å². The van der Waals surface area contributed by atoms with E-state index in [2.05, 4.69) is 62.6 Å². The quantitative estimate of drug-likeness (QED) is 0.419. The van der Waals surface area contributed by atoms with E-state index in [0.29, 0.717) is 0 Å². The van der Waals surface area contributed by atoms with E-state index in [1.807, 2.05) is 7.05 Å². The molecule has 0 saturated carbocycles. The van der Waals surface area contributed by atoms with Crippen LogP contribution in [0.25, 0.3) is 6.08 Å². The van der Waals surface area contributed by atoms with Crippen LogP contribution in [0.4, 0.5) is 0 Å². The van der Waals surface area contributed by atoms with Crippen LogP contribution in [0.15, 0.2) is 41.4 Å². The molecular weight excluding hydrogens is 324 g/mol. The molecule has 5 nitrogen and oxygen atoms in total. The number of hydrogen-bond acceptors (Lipinski definition) is 3. The molecule has 1 N–H and O–H groups in total. The molecule has 0 radical (unpaired) electrons. The summed E-state index contributed by atoms with van der Waals surface area (Å²) in [6.45, 7) is 7.06. The summed E-state index contributed by atoms with van der Waals surface area (Å²) in [5.74, 6) is 1.04. The van der Waals surface area contributed by atoms with Gasteiger partial charge in [0.05, 0.1) is 0 Å². The molecule has 1 aliphatic rings. The summed E-state index contributed by atoms with van der Waals surface area (Å²) in [5.41, 5.74) is 1.27. The summed E-state index contributed by atoms with van der Waals surface area (Å²) >= 11 is 0. The van der Waals surface area contributed by atoms with Gasteiger partial charge in [-0.3, -0.25) is 9.89 Å². The first-order valence-electron chi connectivity index (χ1n) is 9.72. The number of ether oxygens (including phenoxy) is 1. The Morgan fingerprint density at radius 2 is 1.88 bits per heavy atom. The SMILES string of the molecule is CN=C(NCCCCCOC)N1CCN(CC=Cc2ccccc2)CC1. The minimum absolute atomic E-state index is 0.857. The van der Waals surface area contributed by atoms with E-state index >= 15 is 0 Å². The average Bonchev–Trinajstić information content (AvgIpc) is 2.69. The number of aliphatic imine (C=N–C) groups is 1. The zero-order chi connectivity index (χ0) is 18.5. The summed E-state index contributed by atoms with van der Waals surface area (Å²) in [5, 5.41) is 3.50. The van der Waals surface area contributed by atoms with Crippen LogP contribution in [0.2, 0.25) is 0 Å². The van der Waals surface area contributed by atoms with Gasteiger partial charge in [-0.25, -0.2) is 0 Å².